The van der Waals surface area contributed by atoms with Crippen molar-refractivity contribution in [1.82, 2.24) is 9.47 Å². The van der Waals surface area contributed by atoms with Crippen LogP contribution in [0.25, 0.3) is 10.2 Å². The van der Waals surface area contributed by atoms with E-state index in [4.69, 9.17) is 4.74 Å². The maximum absolute atomic E-state index is 13.5. The topological polar surface area (TPSA) is 51.5 Å². The molecular weight excluding hydrogens is 464 g/mol. The molecule has 0 radical (unpaired) electrons. The van der Waals surface area contributed by atoms with E-state index in [2.05, 4.69) is 45.6 Å². The van der Waals surface area contributed by atoms with Crippen molar-refractivity contribution < 1.29 is 14.3 Å². The van der Waals surface area contributed by atoms with E-state index in [1.165, 1.54) is 4.88 Å². The van der Waals surface area contributed by atoms with Crippen molar-refractivity contribution in [2.24, 2.45) is 5.92 Å². The van der Waals surface area contributed by atoms with Crippen LogP contribution in [0.2, 0.25) is 0 Å². The number of nitrogens with zero attached hydrogens (tertiary/aromatic N) is 2. The second kappa shape index (κ2) is 8.94. The summed E-state index contributed by atoms with van der Waals surface area (Å²) >= 11 is 5.18. The third-order valence-corrected chi connectivity index (χ3v) is 7.03. The molecule has 0 aliphatic carbocycles. The molecule has 1 aliphatic rings. The Hall–Kier alpha value is -2.12. The lowest BCUT2D eigenvalue weighted by Crippen LogP contribution is -2.43. The Morgan fingerprint density at radius 3 is 2.73 bits per heavy atom. The Kier molecular flexibility index (Phi) is 6.29. The lowest BCUT2D eigenvalue weighted by Gasteiger charge is -2.31. The van der Waals surface area contributed by atoms with Crippen molar-refractivity contribution in [1.29, 1.82) is 0 Å². The maximum Gasteiger partial charge on any atom is 0.310 e. The molecule has 0 spiro atoms. The van der Waals surface area contributed by atoms with Gasteiger partial charge in [0.15, 0.2) is 0 Å². The van der Waals surface area contributed by atoms with E-state index in [9.17, 15) is 9.59 Å². The van der Waals surface area contributed by atoms with Gasteiger partial charge in [-0.05, 0) is 56.5 Å². The van der Waals surface area contributed by atoms with Gasteiger partial charge in [0.05, 0.1) is 22.7 Å². The van der Waals surface area contributed by atoms with Crippen molar-refractivity contribution in [2.75, 3.05) is 19.7 Å². The molecule has 4 rings (SSSR count). The number of carbonyl (C=O) groups is 2. The maximum atomic E-state index is 13.5. The van der Waals surface area contributed by atoms with Crippen LogP contribution in [0.1, 0.15) is 40.7 Å². The smallest absolute Gasteiger partial charge is 0.310 e. The summed E-state index contributed by atoms with van der Waals surface area (Å²) in [7, 11) is 0. The Labute approximate surface area is 188 Å². The molecule has 0 bridgehead atoms. The van der Waals surface area contributed by atoms with Crippen LogP contribution in [-0.2, 0) is 16.1 Å². The summed E-state index contributed by atoms with van der Waals surface area (Å²) in [5.74, 6) is -0.445. The zero-order valence-electron chi connectivity index (χ0n) is 17.2. The fourth-order valence-electron chi connectivity index (χ4n) is 4.06. The molecule has 158 valence electrons. The van der Waals surface area contributed by atoms with Gasteiger partial charge in [-0.1, -0.05) is 28.1 Å². The van der Waals surface area contributed by atoms with Crippen molar-refractivity contribution in [2.45, 2.75) is 33.2 Å². The fraction of sp³-hybridized carbons (Fsp3) is 0.391. The molecule has 0 saturated carbocycles. The monoisotopic (exact) mass is 488 g/mol. The number of aromatic nitrogens is 1. The molecule has 3 heterocycles. The van der Waals surface area contributed by atoms with Gasteiger partial charge in [0, 0.05) is 29.0 Å². The van der Waals surface area contributed by atoms with Gasteiger partial charge in [0.2, 0.25) is 0 Å². The van der Waals surface area contributed by atoms with Gasteiger partial charge in [0.1, 0.15) is 5.69 Å². The second-order valence-corrected chi connectivity index (χ2v) is 9.89. The molecule has 3 aromatic rings. The highest BCUT2D eigenvalue weighted by atomic mass is 79.9. The number of amides is 1. The first-order chi connectivity index (χ1) is 14.5. The van der Waals surface area contributed by atoms with Crippen LogP contribution >= 0.6 is 27.3 Å². The molecule has 1 unspecified atom stereocenters. The number of rotatable bonds is 5. The van der Waals surface area contributed by atoms with E-state index >= 15 is 0 Å². The molecule has 7 heteroatoms. The normalized spacial score (nSPS) is 16.8. The third kappa shape index (κ3) is 4.32. The Morgan fingerprint density at radius 1 is 1.23 bits per heavy atom. The Balaban J connectivity index is 1.64. The number of carbonyl (C=O) groups excluding carboxylic acids is 2. The van der Waals surface area contributed by atoms with Crippen LogP contribution in [0, 0.1) is 12.8 Å². The predicted octanol–water partition coefficient (Wildman–Crippen LogP) is 5.24. The molecule has 30 heavy (non-hydrogen) atoms. The third-order valence-electron chi connectivity index (χ3n) is 5.51. The first-order valence-electron chi connectivity index (χ1n) is 10.3. The van der Waals surface area contributed by atoms with Crippen LogP contribution in [0.3, 0.4) is 0 Å². The Bertz CT molecular complexity index is 1070. The average Bonchev–Trinajstić information content (AvgIpc) is 3.26. The quantitative estimate of drug-likeness (QED) is 0.461. The lowest BCUT2D eigenvalue weighted by molar-refractivity contribution is -0.149. The molecule has 1 amide bonds. The van der Waals surface area contributed by atoms with Gasteiger partial charge < -0.3 is 14.2 Å². The van der Waals surface area contributed by atoms with Gasteiger partial charge in [-0.2, -0.15) is 0 Å². The summed E-state index contributed by atoms with van der Waals surface area (Å²) in [6, 6.07) is 12.3. The van der Waals surface area contributed by atoms with Gasteiger partial charge in [-0.25, -0.2) is 0 Å². The highest BCUT2D eigenvalue weighted by molar-refractivity contribution is 9.10. The molecule has 2 aromatic heterocycles. The van der Waals surface area contributed by atoms with E-state index in [1.54, 1.807) is 11.3 Å². The van der Waals surface area contributed by atoms with Gasteiger partial charge in [-0.3, -0.25) is 9.59 Å². The summed E-state index contributed by atoms with van der Waals surface area (Å²) in [5.41, 5.74) is 2.91. The number of thiophene rings is 1. The van der Waals surface area contributed by atoms with E-state index in [1.807, 2.05) is 30.0 Å². The fourth-order valence-corrected chi connectivity index (χ4v) is 5.29. The molecule has 1 saturated heterocycles. The van der Waals surface area contributed by atoms with Gasteiger partial charge in [-0.15, -0.1) is 11.3 Å². The molecule has 1 aromatic carbocycles. The first kappa shape index (κ1) is 21.1. The number of halogens is 1. The van der Waals surface area contributed by atoms with Crippen molar-refractivity contribution in [3.63, 3.8) is 0 Å². The first-order valence-corrected chi connectivity index (χ1v) is 11.9. The van der Waals surface area contributed by atoms with Crippen molar-refractivity contribution >= 4 is 49.4 Å². The number of aryl methyl sites for hydroxylation is 1. The number of likely N-dealkylation sites (tertiary alicyclic amines) is 1. The summed E-state index contributed by atoms with van der Waals surface area (Å²) in [4.78, 5) is 28.7. The summed E-state index contributed by atoms with van der Waals surface area (Å²) in [5, 5.41) is 0. The highest BCUT2D eigenvalue weighted by Gasteiger charge is 2.31. The van der Waals surface area contributed by atoms with E-state index < -0.39 is 0 Å². The molecular formula is C23H25BrN2O3S. The number of fused-ring (bicyclic) bond motifs is 1. The van der Waals surface area contributed by atoms with Gasteiger partial charge >= 0.3 is 5.97 Å². The minimum absolute atomic E-state index is 0.0119. The van der Waals surface area contributed by atoms with Crippen LogP contribution < -0.4 is 0 Å². The highest BCUT2D eigenvalue weighted by Crippen LogP contribution is 2.31. The number of benzene rings is 1. The zero-order valence-corrected chi connectivity index (χ0v) is 19.6. The van der Waals surface area contributed by atoms with Crippen LogP contribution in [0.5, 0.6) is 0 Å². The minimum Gasteiger partial charge on any atom is -0.466 e. The molecule has 1 atom stereocenters. The van der Waals surface area contributed by atoms with Crippen LogP contribution in [-0.4, -0.2) is 41.0 Å². The number of ether oxygens (including phenoxy) is 1. The van der Waals surface area contributed by atoms with Crippen molar-refractivity contribution in [3.05, 3.63) is 57.0 Å². The average molecular weight is 489 g/mol. The van der Waals surface area contributed by atoms with E-state index in [0.717, 1.165) is 33.1 Å². The second-order valence-electron chi connectivity index (χ2n) is 7.69. The number of piperidine rings is 1. The van der Waals surface area contributed by atoms with E-state index in [-0.39, 0.29) is 17.8 Å². The largest absolute Gasteiger partial charge is 0.466 e. The summed E-state index contributed by atoms with van der Waals surface area (Å²) in [6.45, 7) is 5.99. The molecule has 5 nitrogen and oxygen atoms in total. The molecule has 1 aliphatic heterocycles. The lowest BCUT2D eigenvalue weighted by atomic mass is 9.98. The SMILES string of the molecule is CCOC(=O)C1CCCN(C(=O)c2cc3sc(C)cc3n2Cc2ccc(Br)cc2)C1. The van der Waals surface area contributed by atoms with Crippen molar-refractivity contribution in [3.8, 4) is 0 Å². The standard InChI is InChI=1S/C23H25BrN2O3S/c1-3-29-23(28)17-5-4-10-25(14-17)22(27)20-12-21-19(11-15(2)30-21)26(20)13-16-6-8-18(24)9-7-16/h6-9,11-12,17H,3-5,10,13-14H2,1-2H3. The summed E-state index contributed by atoms with van der Waals surface area (Å²) < 4.78 is 9.45. The zero-order chi connectivity index (χ0) is 21.3. The number of hydrogen-bond donors (Lipinski definition) is 0. The predicted molar refractivity (Wildman–Crippen MR) is 123 cm³/mol. The number of hydrogen-bond acceptors (Lipinski definition) is 4. The minimum atomic E-state index is -0.235. The van der Waals surface area contributed by atoms with Gasteiger partial charge in [0.25, 0.3) is 5.91 Å². The molecule has 0 N–H and O–H groups in total. The number of esters is 1. The Morgan fingerprint density at radius 2 is 2.00 bits per heavy atom. The van der Waals surface area contributed by atoms with Crippen LogP contribution in [0.4, 0.5) is 0 Å². The molecule has 1 fully saturated rings. The van der Waals surface area contributed by atoms with Crippen LogP contribution in [0.15, 0.2) is 40.9 Å². The summed E-state index contributed by atoms with van der Waals surface area (Å²) in [6.07, 6.45) is 1.59. The van der Waals surface area contributed by atoms with E-state index in [0.29, 0.717) is 31.9 Å².